The highest BCUT2D eigenvalue weighted by molar-refractivity contribution is 5.97. The van der Waals surface area contributed by atoms with Crippen LogP contribution in [0.5, 0.6) is 0 Å². The number of nitrogens with zero attached hydrogens (tertiary/aromatic N) is 1. The first-order valence-electron chi connectivity index (χ1n) is 9.08. The summed E-state index contributed by atoms with van der Waals surface area (Å²) < 4.78 is 52.3. The van der Waals surface area contributed by atoms with E-state index in [1.165, 1.54) is 18.3 Å². The predicted molar refractivity (Wildman–Crippen MR) is 103 cm³/mol. The van der Waals surface area contributed by atoms with E-state index >= 15 is 0 Å². The van der Waals surface area contributed by atoms with Crippen LogP contribution in [0.3, 0.4) is 0 Å². The lowest BCUT2D eigenvalue weighted by Crippen LogP contribution is -2.43. The lowest BCUT2D eigenvalue weighted by atomic mass is 9.94. The lowest BCUT2D eigenvalue weighted by molar-refractivity contribution is -0.137. The van der Waals surface area contributed by atoms with Crippen LogP contribution in [0.1, 0.15) is 41.8 Å². The highest BCUT2D eigenvalue weighted by Crippen LogP contribution is 2.30. The number of alkyl halides is 3. The first-order chi connectivity index (χ1) is 13.5. The first kappa shape index (κ1) is 20.8. The van der Waals surface area contributed by atoms with Crippen molar-refractivity contribution < 1.29 is 22.4 Å². The minimum atomic E-state index is -4.39. The van der Waals surface area contributed by atoms with E-state index in [-0.39, 0.29) is 17.0 Å². The number of nitrogens with one attached hydrogen (secondary N) is 1. The molecule has 3 aromatic rings. The van der Waals surface area contributed by atoms with Crippen LogP contribution in [-0.4, -0.2) is 16.4 Å². The Morgan fingerprint density at radius 1 is 1.07 bits per heavy atom. The monoisotopic (exact) mass is 404 g/mol. The fraction of sp³-hybridized carbons (Fsp3) is 0.273. The second-order valence-electron chi connectivity index (χ2n) is 7.57. The number of hydrogen-bond acceptors (Lipinski definition) is 2. The molecule has 3 nitrogen and oxygen atoms in total. The quantitative estimate of drug-likeness (QED) is 0.568. The highest BCUT2D eigenvalue weighted by Gasteiger charge is 2.30. The van der Waals surface area contributed by atoms with Crippen molar-refractivity contribution >= 4 is 16.8 Å². The third-order valence-electron chi connectivity index (χ3n) is 4.67. The number of carbonyl (C=O) groups is 1. The minimum absolute atomic E-state index is 0.188. The van der Waals surface area contributed by atoms with Gasteiger partial charge in [0.05, 0.1) is 11.1 Å². The molecule has 7 heteroatoms. The van der Waals surface area contributed by atoms with E-state index in [0.717, 1.165) is 12.1 Å². The van der Waals surface area contributed by atoms with Crippen molar-refractivity contribution in [1.82, 2.24) is 10.3 Å². The fourth-order valence-corrected chi connectivity index (χ4v) is 3.05. The van der Waals surface area contributed by atoms with Gasteiger partial charge in [0.2, 0.25) is 0 Å². The van der Waals surface area contributed by atoms with Gasteiger partial charge in [-0.25, -0.2) is 4.39 Å². The van der Waals surface area contributed by atoms with Gasteiger partial charge in [0.15, 0.2) is 0 Å². The van der Waals surface area contributed by atoms with Crippen LogP contribution in [0.15, 0.2) is 54.7 Å². The number of amides is 1. The molecule has 0 fully saturated rings. The summed E-state index contributed by atoms with van der Waals surface area (Å²) in [6.45, 7) is 3.60. The molecule has 1 N–H and O–H groups in total. The van der Waals surface area contributed by atoms with Gasteiger partial charge in [-0.1, -0.05) is 30.3 Å². The fourth-order valence-electron chi connectivity index (χ4n) is 3.05. The second-order valence-corrected chi connectivity index (χ2v) is 7.57. The van der Waals surface area contributed by atoms with E-state index in [1.54, 1.807) is 38.1 Å². The molecule has 0 unspecified atom stereocenters. The summed E-state index contributed by atoms with van der Waals surface area (Å²) in [6.07, 6.45) is -2.26. The van der Waals surface area contributed by atoms with Gasteiger partial charge in [-0.3, -0.25) is 9.78 Å². The van der Waals surface area contributed by atoms with E-state index in [0.29, 0.717) is 23.8 Å². The Bertz CT molecular complexity index is 1040. The molecule has 0 aliphatic carbocycles. The van der Waals surface area contributed by atoms with E-state index in [9.17, 15) is 22.4 Å². The average molecular weight is 404 g/mol. The number of halogens is 4. The number of benzene rings is 2. The van der Waals surface area contributed by atoms with Crippen LogP contribution in [-0.2, 0) is 12.6 Å². The number of hydrogen-bond donors (Lipinski definition) is 1. The molecule has 29 heavy (non-hydrogen) atoms. The largest absolute Gasteiger partial charge is 0.416 e. The van der Waals surface area contributed by atoms with Crippen molar-refractivity contribution in [3.05, 3.63) is 77.2 Å². The number of rotatable bonds is 5. The number of para-hydroxylation sites is 1. The van der Waals surface area contributed by atoms with Crippen LogP contribution >= 0.6 is 0 Å². The third-order valence-corrected chi connectivity index (χ3v) is 4.67. The normalized spacial score (nSPS) is 12.2. The molecule has 3 rings (SSSR count). The van der Waals surface area contributed by atoms with Crippen molar-refractivity contribution in [1.29, 1.82) is 0 Å². The molecule has 0 atom stereocenters. The summed E-state index contributed by atoms with van der Waals surface area (Å²) in [6, 6.07) is 11.2. The average Bonchev–Trinajstić information content (AvgIpc) is 2.66. The first-order valence-corrected chi connectivity index (χ1v) is 9.08. The van der Waals surface area contributed by atoms with Crippen molar-refractivity contribution in [2.24, 2.45) is 0 Å². The summed E-state index contributed by atoms with van der Waals surface area (Å²) >= 11 is 0. The summed E-state index contributed by atoms with van der Waals surface area (Å²) in [4.78, 5) is 16.6. The smallest absolute Gasteiger partial charge is 0.347 e. The van der Waals surface area contributed by atoms with Gasteiger partial charge in [-0.2, -0.15) is 13.2 Å². The van der Waals surface area contributed by atoms with Crippen LogP contribution < -0.4 is 5.32 Å². The van der Waals surface area contributed by atoms with E-state index in [2.05, 4.69) is 10.3 Å². The number of aromatic nitrogens is 1. The minimum Gasteiger partial charge on any atom is -0.347 e. The Kier molecular flexibility index (Phi) is 5.59. The van der Waals surface area contributed by atoms with E-state index in [4.69, 9.17) is 0 Å². The van der Waals surface area contributed by atoms with Crippen LogP contribution in [0.25, 0.3) is 10.9 Å². The Morgan fingerprint density at radius 2 is 1.79 bits per heavy atom. The Morgan fingerprint density at radius 3 is 2.52 bits per heavy atom. The maximum atomic E-state index is 13.7. The van der Waals surface area contributed by atoms with Gasteiger partial charge in [-0.15, -0.1) is 0 Å². The van der Waals surface area contributed by atoms with Crippen LogP contribution in [0.4, 0.5) is 17.6 Å². The molecule has 1 aromatic heterocycles. The summed E-state index contributed by atoms with van der Waals surface area (Å²) in [5.74, 6) is -0.839. The number of carbonyl (C=O) groups excluding carboxylic acids is 1. The van der Waals surface area contributed by atoms with Gasteiger partial charge in [0.1, 0.15) is 11.3 Å². The van der Waals surface area contributed by atoms with Crippen molar-refractivity contribution in [3.8, 4) is 0 Å². The molecule has 1 amide bonds. The topological polar surface area (TPSA) is 42.0 Å². The molecule has 0 aliphatic heterocycles. The molecule has 0 spiro atoms. The van der Waals surface area contributed by atoms with E-state index in [1.807, 2.05) is 0 Å². The highest BCUT2D eigenvalue weighted by atomic mass is 19.4. The number of pyridine rings is 1. The molecule has 0 radical (unpaired) electrons. The second kappa shape index (κ2) is 7.81. The Labute approximate surface area is 165 Å². The predicted octanol–water partition coefficient (Wildman–Crippen LogP) is 5.53. The van der Waals surface area contributed by atoms with Crippen molar-refractivity contribution in [3.63, 3.8) is 0 Å². The van der Waals surface area contributed by atoms with Crippen molar-refractivity contribution in [2.45, 2.75) is 38.4 Å². The van der Waals surface area contributed by atoms with Gasteiger partial charge in [0, 0.05) is 17.1 Å². The third kappa shape index (κ3) is 5.10. The molecule has 0 saturated heterocycles. The van der Waals surface area contributed by atoms with Crippen molar-refractivity contribution in [2.75, 3.05) is 0 Å². The molecule has 0 saturated carbocycles. The van der Waals surface area contributed by atoms with Gasteiger partial charge < -0.3 is 5.32 Å². The molecule has 1 heterocycles. The molecule has 152 valence electrons. The molecule has 0 bridgehead atoms. The Balaban J connectivity index is 1.68. The lowest BCUT2D eigenvalue weighted by Gasteiger charge is -2.26. The summed E-state index contributed by atoms with van der Waals surface area (Å²) in [7, 11) is 0. The maximum Gasteiger partial charge on any atom is 0.416 e. The van der Waals surface area contributed by atoms with Crippen LogP contribution in [0.2, 0.25) is 0 Å². The Hall–Kier alpha value is -2.96. The van der Waals surface area contributed by atoms with Gasteiger partial charge in [0.25, 0.3) is 5.91 Å². The zero-order chi connectivity index (χ0) is 21.2. The van der Waals surface area contributed by atoms with E-state index < -0.39 is 23.1 Å². The zero-order valence-corrected chi connectivity index (χ0v) is 16.0. The maximum absolute atomic E-state index is 13.7. The standard InChI is InChI=1S/C22H20F4N2O/c1-21(2,10-9-14-5-3-7-17(11-14)22(24,25)26)28-20(29)16-12-15-6-4-8-18(23)19(15)27-13-16/h3-8,11-13H,9-10H2,1-2H3,(H,28,29). The molecular formula is C22H20F4N2O. The summed E-state index contributed by atoms with van der Waals surface area (Å²) in [5, 5.41) is 3.39. The number of aryl methyl sites for hydroxylation is 1. The summed E-state index contributed by atoms with van der Waals surface area (Å²) in [5.41, 5.74) is -0.332. The number of fused-ring (bicyclic) bond motifs is 1. The molecule has 0 aliphatic rings. The SMILES string of the molecule is CC(C)(CCc1cccc(C(F)(F)F)c1)NC(=O)c1cnc2c(F)cccc2c1. The molecule has 2 aromatic carbocycles. The molecular weight excluding hydrogens is 384 g/mol. The van der Waals surface area contributed by atoms with Gasteiger partial charge >= 0.3 is 6.18 Å². The zero-order valence-electron chi connectivity index (χ0n) is 16.0. The van der Waals surface area contributed by atoms with Gasteiger partial charge in [-0.05, 0) is 50.5 Å². The van der Waals surface area contributed by atoms with Crippen LogP contribution in [0, 0.1) is 5.82 Å².